The second-order valence-corrected chi connectivity index (χ2v) is 7.23. The fourth-order valence-electron chi connectivity index (χ4n) is 3.35. The van der Waals surface area contributed by atoms with E-state index in [1.807, 2.05) is 22.4 Å². The summed E-state index contributed by atoms with van der Waals surface area (Å²) >= 11 is 1.45. The van der Waals surface area contributed by atoms with Crippen LogP contribution in [0.25, 0.3) is 5.69 Å². The van der Waals surface area contributed by atoms with Gasteiger partial charge in [0.15, 0.2) is 0 Å². The zero-order valence-corrected chi connectivity index (χ0v) is 14.6. The fraction of sp³-hybridized carbons (Fsp3) is 0.333. The van der Waals surface area contributed by atoms with Crippen LogP contribution in [0.4, 0.5) is 0 Å². The van der Waals surface area contributed by atoms with Gasteiger partial charge in [0, 0.05) is 13.1 Å². The summed E-state index contributed by atoms with van der Waals surface area (Å²) in [6.45, 7) is 1.62. The SMILES string of the molecule is O=C(c1sccc1-n1cnnn1)N1CCC(Cc2ccccc2)CC1. The Morgan fingerprint density at radius 2 is 1.96 bits per heavy atom. The molecule has 4 rings (SSSR count). The number of hydrogen-bond acceptors (Lipinski definition) is 5. The van der Waals surface area contributed by atoms with Crippen molar-refractivity contribution in [1.29, 1.82) is 0 Å². The monoisotopic (exact) mass is 353 g/mol. The van der Waals surface area contributed by atoms with E-state index in [0.29, 0.717) is 10.8 Å². The minimum Gasteiger partial charge on any atom is -0.338 e. The van der Waals surface area contributed by atoms with E-state index < -0.39 is 0 Å². The van der Waals surface area contributed by atoms with Gasteiger partial charge in [-0.15, -0.1) is 16.4 Å². The quantitative estimate of drug-likeness (QED) is 0.723. The molecule has 0 spiro atoms. The molecule has 128 valence electrons. The van der Waals surface area contributed by atoms with E-state index in [2.05, 4.69) is 39.8 Å². The lowest BCUT2D eigenvalue weighted by molar-refractivity contribution is 0.0695. The first kappa shape index (κ1) is 16.0. The molecule has 25 heavy (non-hydrogen) atoms. The maximum absolute atomic E-state index is 12.9. The van der Waals surface area contributed by atoms with Gasteiger partial charge in [-0.2, -0.15) is 4.68 Å². The van der Waals surface area contributed by atoms with Crippen molar-refractivity contribution in [3.8, 4) is 5.69 Å². The minimum absolute atomic E-state index is 0.0821. The molecule has 3 aromatic rings. The predicted octanol–water partition coefficient (Wildman–Crippen LogP) is 2.82. The summed E-state index contributed by atoms with van der Waals surface area (Å²) in [5, 5.41) is 13.1. The maximum atomic E-state index is 12.9. The summed E-state index contributed by atoms with van der Waals surface area (Å²) in [6, 6.07) is 12.5. The maximum Gasteiger partial charge on any atom is 0.266 e. The van der Waals surface area contributed by atoms with Crippen molar-refractivity contribution in [3.05, 3.63) is 58.5 Å². The Morgan fingerprint density at radius 3 is 2.68 bits per heavy atom. The van der Waals surface area contributed by atoms with Crippen LogP contribution in [0.15, 0.2) is 48.1 Å². The molecular formula is C18H19N5OS. The molecule has 1 aromatic carbocycles. The number of carbonyl (C=O) groups is 1. The fourth-order valence-corrected chi connectivity index (χ4v) is 4.19. The van der Waals surface area contributed by atoms with Crippen molar-refractivity contribution in [2.24, 2.45) is 5.92 Å². The van der Waals surface area contributed by atoms with Gasteiger partial charge in [-0.05, 0) is 52.6 Å². The first-order valence-corrected chi connectivity index (χ1v) is 9.33. The molecule has 0 bridgehead atoms. The molecule has 1 saturated heterocycles. The summed E-state index contributed by atoms with van der Waals surface area (Å²) in [6.07, 6.45) is 4.71. The molecule has 0 N–H and O–H groups in total. The van der Waals surface area contributed by atoms with Crippen LogP contribution < -0.4 is 0 Å². The van der Waals surface area contributed by atoms with Gasteiger partial charge in [-0.3, -0.25) is 4.79 Å². The average molecular weight is 353 g/mol. The molecule has 1 amide bonds. The van der Waals surface area contributed by atoms with Gasteiger partial charge in [-0.25, -0.2) is 0 Å². The Labute approximate surface area is 150 Å². The predicted molar refractivity (Wildman–Crippen MR) is 95.8 cm³/mol. The van der Waals surface area contributed by atoms with E-state index in [0.717, 1.165) is 38.0 Å². The molecule has 0 atom stereocenters. The number of nitrogens with zero attached hydrogens (tertiary/aromatic N) is 5. The molecule has 0 radical (unpaired) electrons. The van der Waals surface area contributed by atoms with Crippen molar-refractivity contribution < 1.29 is 4.79 Å². The van der Waals surface area contributed by atoms with Gasteiger partial charge < -0.3 is 4.90 Å². The average Bonchev–Trinajstić information content (AvgIpc) is 3.34. The first-order valence-electron chi connectivity index (χ1n) is 8.45. The van der Waals surface area contributed by atoms with Crippen molar-refractivity contribution in [3.63, 3.8) is 0 Å². The zero-order chi connectivity index (χ0) is 17.1. The van der Waals surface area contributed by atoms with Crippen molar-refractivity contribution in [1.82, 2.24) is 25.1 Å². The van der Waals surface area contributed by atoms with Crippen LogP contribution in [0.2, 0.25) is 0 Å². The molecule has 6 nitrogen and oxygen atoms in total. The summed E-state index contributed by atoms with van der Waals surface area (Å²) in [5.74, 6) is 0.729. The second kappa shape index (κ2) is 7.14. The van der Waals surface area contributed by atoms with E-state index in [-0.39, 0.29) is 5.91 Å². The molecule has 0 saturated carbocycles. The van der Waals surface area contributed by atoms with Crippen LogP contribution in [-0.4, -0.2) is 44.1 Å². The van der Waals surface area contributed by atoms with Crippen LogP contribution in [0.3, 0.4) is 0 Å². The molecule has 2 aromatic heterocycles. The number of tetrazole rings is 1. The summed E-state index contributed by atoms with van der Waals surface area (Å²) < 4.78 is 1.55. The third kappa shape index (κ3) is 3.46. The summed E-state index contributed by atoms with van der Waals surface area (Å²) in [4.78, 5) is 15.6. The number of benzene rings is 1. The van der Waals surface area contributed by atoms with Crippen LogP contribution in [0.1, 0.15) is 28.1 Å². The first-order chi connectivity index (χ1) is 12.3. The van der Waals surface area contributed by atoms with E-state index in [1.165, 1.54) is 23.2 Å². The number of aromatic nitrogens is 4. The lowest BCUT2D eigenvalue weighted by Crippen LogP contribution is -2.38. The lowest BCUT2D eigenvalue weighted by atomic mass is 9.90. The molecule has 1 aliphatic rings. The van der Waals surface area contributed by atoms with Crippen molar-refractivity contribution in [2.45, 2.75) is 19.3 Å². The number of amides is 1. The Bertz CT molecular complexity index is 822. The Hall–Kier alpha value is -2.54. The normalized spacial score (nSPS) is 15.4. The Morgan fingerprint density at radius 1 is 1.16 bits per heavy atom. The molecule has 1 fully saturated rings. The standard InChI is InChI=1S/C18H19N5OS/c24-18(17-16(8-11-25-17)23-13-19-20-21-23)22-9-6-15(7-10-22)12-14-4-2-1-3-5-14/h1-5,8,11,13,15H,6-7,9-10,12H2. The van der Waals surface area contributed by atoms with Gasteiger partial charge >= 0.3 is 0 Å². The molecule has 0 aliphatic carbocycles. The van der Waals surface area contributed by atoms with Crippen LogP contribution in [-0.2, 0) is 6.42 Å². The van der Waals surface area contributed by atoms with Crippen LogP contribution in [0, 0.1) is 5.92 Å². The highest BCUT2D eigenvalue weighted by Crippen LogP contribution is 2.26. The third-order valence-corrected chi connectivity index (χ3v) is 5.60. The summed E-state index contributed by atoms with van der Waals surface area (Å²) in [7, 11) is 0. The van der Waals surface area contributed by atoms with E-state index in [9.17, 15) is 4.79 Å². The van der Waals surface area contributed by atoms with Gasteiger partial charge in [-0.1, -0.05) is 30.3 Å². The number of piperidine rings is 1. The van der Waals surface area contributed by atoms with Gasteiger partial charge in [0.2, 0.25) is 0 Å². The Kier molecular flexibility index (Phi) is 4.56. The third-order valence-electron chi connectivity index (χ3n) is 4.70. The number of likely N-dealkylation sites (tertiary alicyclic amines) is 1. The zero-order valence-electron chi connectivity index (χ0n) is 13.8. The van der Waals surface area contributed by atoms with Gasteiger partial charge in [0.05, 0.1) is 5.69 Å². The number of thiophene rings is 1. The minimum atomic E-state index is 0.0821. The summed E-state index contributed by atoms with van der Waals surface area (Å²) in [5.41, 5.74) is 2.14. The van der Waals surface area contributed by atoms with Crippen molar-refractivity contribution >= 4 is 17.2 Å². The van der Waals surface area contributed by atoms with E-state index >= 15 is 0 Å². The lowest BCUT2D eigenvalue weighted by Gasteiger charge is -2.32. The highest BCUT2D eigenvalue weighted by atomic mass is 32.1. The Balaban J connectivity index is 1.40. The van der Waals surface area contributed by atoms with E-state index in [4.69, 9.17) is 0 Å². The molecule has 7 heteroatoms. The highest BCUT2D eigenvalue weighted by molar-refractivity contribution is 7.12. The molecular weight excluding hydrogens is 334 g/mol. The van der Waals surface area contributed by atoms with Gasteiger partial charge in [0.25, 0.3) is 5.91 Å². The van der Waals surface area contributed by atoms with E-state index in [1.54, 1.807) is 4.68 Å². The highest BCUT2D eigenvalue weighted by Gasteiger charge is 2.26. The van der Waals surface area contributed by atoms with Crippen molar-refractivity contribution in [2.75, 3.05) is 13.1 Å². The smallest absolute Gasteiger partial charge is 0.266 e. The number of carbonyl (C=O) groups excluding carboxylic acids is 1. The molecule has 3 heterocycles. The van der Waals surface area contributed by atoms with Crippen LogP contribution in [0.5, 0.6) is 0 Å². The molecule has 0 unspecified atom stereocenters. The second-order valence-electron chi connectivity index (χ2n) is 6.31. The van der Waals surface area contributed by atoms with Crippen LogP contribution >= 0.6 is 11.3 Å². The number of rotatable bonds is 4. The van der Waals surface area contributed by atoms with Gasteiger partial charge in [0.1, 0.15) is 11.2 Å². The molecule has 1 aliphatic heterocycles. The topological polar surface area (TPSA) is 63.9 Å². The number of hydrogen-bond donors (Lipinski definition) is 0. The largest absolute Gasteiger partial charge is 0.338 e.